The number of hydrogen-bond donors (Lipinski definition) is 2. The Kier molecular flexibility index (Phi) is 3.38. The Hall–Kier alpha value is -1.91. The molecule has 0 aliphatic heterocycles. The number of amides is 2. The predicted octanol–water partition coefficient (Wildman–Crippen LogP) is 1.37. The van der Waals surface area contributed by atoms with Crippen molar-refractivity contribution in [2.45, 2.75) is 0 Å². The lowest BCUT2D eigenvalue weighted by atomic mass is 10.2. The fraction of sp³-hybridized carbons (Fsp3) is 0.300. The summed E-state index contributed by atoms with van der Waals surface area (Å²) < 4.78 is 5.00. The van der Waals surface area contributed by atoms with Gasteiger partial charge in [-0.1, -0.05) is 0 Å². The Bertz CT molecular complexity index is 364. The lowest BCUT2D eigenvalue weighted by Gasteiger charge is -2.13. The highest BCUT2D eigenvalue weighted by atomic mass is 16.5. The van der Waals surface area contributed by atoms with Gasteiger partial charge in [0.05, 0.1) is 18.5 Å². The molecule has 0 bridgehead atoms. The summed E-state index contributed by atoms with van der Waals surface area (Å²) >= 11 is 0. The van der Waals surface area contributed by atoms with E-state index in [0.717, 1.165) is 0 Å². The van der Waals surface area contributed by atoms with E-state index < -0.39 is 0 Å². The Morgan fingerprint density at radius 3 is 2.60 bits per heavy atom. The zero-order chi connectivity index (χ0) is 11.4. The van der Waals surface area contributed by atoms with Crippen LogP contribution < -0.4 is 15.8 Å². The molecule has 0 fully saturated rings. The maximum Gasteiger partial charge on any atom is 0.321 e. The molecule has 5 nitrogen and oxygen atoms in total. The van der Waals surface area contributed by atoms with E-state index >= 15 is 0 Å². The first-order valence-corrected chi connectivity index (χ1v) is 4.46. The lowest BCUT2D eigenvalue weighted by molar-refractivity contribution is 0.230. The lowest BCUT2D eigenvalue weighted by Crippen LogP contribution is -2.27. The average Bonchev–Trinajstić information content (AvgIpc) is 2.20. The molecule has 2 amide bonds. The van der Waals surface area contributed by atoms with Crippen LogP contribution in [0.3, 0.4) is 0 Å². The molecular formula is C10H15N3O2. The highest BCUT2D eigenvalue weighted by Gasteiger charge is 2.06. The van der Waals surface area contributed by atoms with E-state index in [-0.39, 0.29) is 6.03 Å². The molecule has 0 radical (unpaired) electrons. The fourth-order valence-corrected chi connectivity index (χ4v) is 1.01. The Balaban J connectivity index is 2.83. The van der Waals surface area contributed by atoms with Crippen LogP contribution in [0.4, 0.5) is 16.2 Å². The molecule has 3 N–H and O–H groups in total. The molecule has 1 rings (SSSR count). The number of nitrogens with two attached hydrogens (primary N) is 1. The van der Waals surface area contributed by atoms with Crippen molar-refractivity contribution in [2.75, 3.05) is 32.3 Å². The third-order valence-corrected chi connectivity index (χ3v) is 1.91. The zero-order valence-corrected chi connectivity index (χ0v) is 9.07. The van der Waals surface area contributed by atoms with Gasteiger partial charge in [-0.2, -0.15) is 0 Å². The summed E-state index contributed by atoms with van der Waals surface area (Å²) in [5, 5.41) is 2.67. The molecule has 0 heterocycles. The number of urea groups is 1. The van der Waals surface area contributed by atoms with Crippen LogP contribution in [0.1, 0.15) is 0 Å². The van der Waals surface area contributed by atoms with Gasteiger partial charge < -0.3 is 20.7 Å². The topological polar surface area (TPSA) is 67.6 Å². The fourth-order valence-electron chi connectivity index (χ4n) is 1.01. The number of methoxy groups -OCH3 is 1. The average molecular weight is 209 g/mol. The van der Waals surface area contributed by atoms with Crippen LogP contribution in [0.2, 0.25) is 0 Å². The van der Waals surface area contributed by atoms with Gasteiger partial charge in [-0.3, -0.25) is 0 Å². The van der Waals surface area contributed by atoms with Crippen LogP contribution in [0, 0.1) is 0 Å². The van der Waals surface area contributed by atoms with E-state index in [1.165, 1.54) is 4.90 Å². The van der Waals surface area contributed by atoms with Gasteiger partial charge in [0.1, 0.15) is 5.75 Å². The minimum atomic E-state index is -0.216. The molecule has 1 aromatic rings. The summed E-state index contributed by atoms with van der Waals surface area (Å²) in [4.78, 5) is 12.8. The van der Waals surface area contributed by atoms with Crippen molar-refractivity contribution >= 4 is 17.4 Å². The highest BCUT2D eigenvalue weighted by molar-refractivity contribution is 5.92. The largest absolute Gasteiger partial charge is 0.497 e. The van der Waals surface area contributed by atoms with Crippen LogP contribution in [-0.4, -0.2) is 32.1 Å². The minimum Gasteiger partial charge on any atom is -0.497 e. The molecule has 0 aliphatic carbocycles. The molecule has 1 aromatic carbocycles. The van der Waals surface area contributed by atoms with Gasteiger partial charge >= 0.3 is 6.03 Å². The molecule has 5 heteroatoms. The summed E-state index contributed by atoms with van der Waals surface area (Å²) in [5.41, 5.74) is 6.79. The van der Waals surface area contributed by atoms with Crippen LogP contribution in [0.5, 0.6) is 5.75 Å². The number of rotatable bonds is 2. The molecule has 0 unspecified atom stereocenters. The van der Waals surface area contributed by atoms with E-state index in [0.29, 0.717) is 17.1 Å². The molecule has 0 atom stereocenters. The SMILES string of the molecule is COc1ccc(NC(=O)N(C)C)c(N)c1. The third-order valence-electron chi connectivity index (χ3n) is 1.91. The second kappa shape index (κ2) is 4.54. The first-order valence-electron chi connectivity index (χ1n) is 4.46. The van der Waals surface area contributed by atoms with Gasteiger partial charge in [0.25, 0.3) is 0 Å². The molecule has 82 valence electrons. The van der Waals surface area contributed by atoms with Crippen LogP contribution in [0.25, 0.3) is 0 Å². The predicted molar refractivity (Wildman–Crippen MR) is 60.1 cm³/mol. The highest BCUT2D eigenvalue weighted by Crippen LogP contribution is 2.23. The first kappa shape index (κ1) is 11.2. The van der Waals surface area contributed by atoms with Crippen molar-refractivity contribution in [1.29, 1.82) is 0 Å². The van der Waals surface area contributed by atoms with Crippen molar-refractivity contribution in [3.05, 3.63) is 18.2 Å². The van der Waals surface area contributed by atoms with Crippen LogP contribution in [-0.2, 0) is 0 Å². The Morgan fingerprint density at radius 1 is 1.47 bits per heavy atom. The summed E-state index contributed by atoms with van der Waals surface area (Å²) in [7, 11) is 4.89. The number of hydrogen-bond acceptors (Lipinski definition) is 3. The normalized spacial score (nSPS) is 9.53. The van der Waals surface area contributed by atoms with Crippen molar-refractivity contribution < 1.29 is 9.53 Å². The summed E-state index contributed by atoms with van der Waals surface area (Å²) in [6, 6.07) is 4.88. The number of nitrogens with one attached hydrogen (secondary N) is 1. The van der Waals surface area contributed by atoms with Gasteiger partial charge in [-0.15, -0.1) is 0 Å². The van der Waals surface area contributed by atoms with E-state index in [1.807, 2.05) is 0 Å². The van der Waals surface area contributed by atoms with Crippen molar-refractivity contribution in [1.82, 2.24) is 4.90 Å². The first-order chi connectivity index (χ1) is 7.04. The van der Waals surface area contributed by atoms with Gasteiger partial charge in [-0.05, 0) is 12.1 Å². The number of ether oxygens (including phenoxy) is 1. The maximum absolute atomic E-state index is 11.3. The molecule has 15 heavy (non-hydrogen) atoms. The second-order valence-electron chi connectivity index (χ2n) is 3.28. The zero-order valence-electron chi connectivity index (χ0n) is 9.07. The summed E-state index contributed by atoms with van der Waals surface area (Å²) in [5.74, 6) is 0.662. The number of nitrogens with zero attached hydrogens (tertiary/aromatic N) is 1. The van der Waals surface area contributed by atoms with Crippen molar-refractivity contribution in [3.63, 3.8) is 0 Å². The molecule has 0 saturated carbocycles. The standard InChI is InChI=1S/C10H15N3O2/c1-13(2)10(14)12-9-5-4-7(15-3)6-8(9)11/h4-6H,11H2,1-3H3,(H,12,14). The van der Waals surface area contributed by atoms with E-state index in [1.54, 1.807) is 39.4 Å². The van der Waals surface area contributed by atoms with Crippen LogP contribution >= 0.6 is 0 Å². The van der Waals surface area contributed by atoms with Gasteiger partial charge in [0, 0.05) is 20.2 Å². The van der Waals surface area contributed by atoms with Gasteiger partial charge in [-0.25, -0.2) is 4.79 Å². The number of nitrogen functional groups attached to an aromatic ring is 1. The number of carbonyl (C=O) groups is 1. The number of anilines is 2. The Labute approximate surface area is 88.8 Å². The van der Waals surface area contributed by atoms with Gasteiger partial charge in [0.2, 0.25) is 0 Å². The maximum atomic E-state index is 11.3. The Morgan fingerprint density at radius 2 is 2.13 bits per heavy atom. The van der Waals surface area contributed by atoms with Crippen LogP contribution in [0.15, 0.2) is 18.2 Å². The van der Waals surface area contributed by atoms with E-state index in [4.69, 9.17) is 10.5 Å². The van der Waals surface area contributed by atoms with Gasteiger partial charge in [0.15, 0.2) is 0 Å². The number of carbonyl (C=O) groups excluding carboxylic acids is 1. The minimum absolute atomic E-state index is 0.216. The summed E-state index contributed by atoms with van der Waals surface area (Å²) in [6.45, 7) is 0. The van der Waals surface area contributed by atoms with E-state index in [2.05, 4.69) is 5.32 Å². The quantitative estimate of drug-likeness (QED) is 0.723. The monoisotopic (exact) mass is 209 g/mol. The van der Waals surface area contributed by atoms with Crippen molar-refractivity contribution in [3.8, 4) is 5.75 Å². The van der Waals surface area contributed by atoms with Crippen molar-refractivity contribution in [2.24, 2.45) is 0 Å². The third kappa shape index (κ3) is 2.77. The smallest absolute Gasteiger partial charge is 0.321 e. The molecular weight excluding hydrogens is 194 g/mol. The second-order valence-corrected chi connectivity index (χ2v) is 3.28. The summed E-state index contributed by atoms with van der Waals surface area (Å²) in [6.07, 6.45) is 0. The molecule has 0 spiro atoms. The molecule has 0 saturated heterocycles. The van der Waals surface area contributed by atoms with E-state index in [9.17, 15) is 4.79 Å². The molecule has 0 aromatic heterocycles. The number of benzene rings is 1. The molecule has 0 aliphatic rings.